The number of ether oxygens (including phenoxy) is 1. The van der Waals surface area contributed by atoms with Gasteiger partial charge < -0.3 is 10.1 Å². The van der Waals surface area contributed by atoms with Crippen LogP contribution >= 0.6 is 34.7 Å². The Labute approximate surface area is 206 Å². The molecule has 1 aliphatic heterocycles. The molecular formula is C26H21ClN2O2S2. The number of anilines is 1. The monoisotopic (exact) mass is 492 g/mol. The molecule has 166 valence electrons. The van der Waals surface area contributed by atoms with E-state index in [-0.39, 0.29) is 12.0 Å². The predicted molar refractivity (Wildman–Crippen MR) is 137 cm³/mol. The van der Waals surface area contributed by atoms with Gasteiger partial charge in [0.25, 0.3) is 0 Å². The summed E-state index contributed by atoms with van der Waals surface area (Å²) in [6.45, 7) is 1.95. The van der Waals surface area contributed by atoms with Crippen LogP contribution in [-0.4, -0.2) is 16.2 Å². The summed E-state index contributed by atoms with van der Waals surface area (Å²) in [4.78, 5) is 17.2. The van der Waals surface area contributed by atoms with Crippen LogP contribution in [0.3, 0.4) is 0 Å². The second-order valence-electron chi connectivity index (χ2n) is 7.85. The molecule has 4 aromatic rings. The molecule has 5 rings (SSSR count). The molecule has 1 unspecified atom stereocenters. The van der Waals surface area contributed by atoms with Crippen molar-refractivity contribution >= 4 is 45.8 Å². The molecule has 2 heterocycles. The van der Waals surface area contributed by atoms with Crippen LogP contribution in [0.4, 0.5) is 5.13 Å². The third kappa shape index (κ3) is 4.64. The van der Waals surface area contributed by atoms with Crippen LogP contribution in [0.25, 0.3) is 11.3 Å². The van der Waals surface area contributed by atoms with Crippen LogP contribution in [0.2, 0.25) is 5.02 Å². The van der Waals surface area contributed by atoms with E-state index in [9.17, 15) is 4.79 Å². The molecule has 0 amide bonds. The molecule has 0 radical (unpaired) electrons. The fourth-order valence-corrected chi connectivity index (χ4v) is 6.13. The van der Waals surface area contributed by atoms with E-state index in [0.29, 0.717) is 5.02 Å². The smallest absolute Gasteiger partial charge is 0.323 e. The average Bonchev–Trinajstić information content (AvgIpc) is 3.44. The molecule has 1 N–H and O–H groups in total. The molecule has 1 aromatic heterocycles. The van der Waals surface area contributed by atoms with E-state index in [2.05, 4.69) is 5.32 Å². The van der Waals surface area contributed by atoms with E-state index in [1.165, 1.54) is 23.1 Å². The molecule has 1 fully saturated rings. The van der Waals surface area contributed by atoms with E-state index in [1.54, 1.807) is 0 Å². The van der Waals surface area contributed by atoms with Crippen molar-refractivity contribution in [3.8, 4) is 11.3 Å². The first kappa shape index (κ1) is 22.0. The van der Waals surface area contributed by atoms with Gasteiger partial charge in [-0.1, -0.05) is 96.2 Å². The molecular weight excluding hydrogens is 472 g/mol. The van der Waals surface area contributed by atoms with Gasteiger partial charge in [0.15, 0.2) is 10.1 Å². The zero-order chi connectivity index (χ0) is 22.8. The highest BCUT2D eigenvalue weighted by atomic mass is 35.5. The van der Waals surface area contributed by atoms with Crippen LogP contribution in [0.15, 0.2) is 90.3 Å². The first-order valence-corrected chi connectivity index (χ1v) is 12.6. The summed E-state index contributed by atoms with van der Waals surface area (Å²) in [6, 6.07) is 27.1. The number of thioether (sulfide) groups is 1. The van der Waals surface area contributed by atoms with E-state index in [0.717, 1.165) is 27.5 Å². The highest BCUT2D eigenvalue weighted by molar-refractivity contribution is 8.01. The summed E-state index contributed by atoms with van der Waals surface area (Å²) in [5.41, 5.74) is 3.86. The fraction of sp³-hybridized carbons (Fsp3) is 0.154. The Kier molecular flexibility index (Phi) is 6.15. The minimum atomic E-state index is -0.757. The number of carbonyl (C=O) groups excluding carboxylic acids is 1. The van der Waals surface area contributed by atoms with Crippen LogP contribution in [0.1, 0.15) is 24.1 Å². The van der Waals surface area contributed by atoms with Gasteiger partial charge in [-0.25, -0.2) is 4.98 Å². The Balaban J connectivity index is 1.46. The summed E-state index contributed by atoms with van der Waals surface area (Å²) < 4.78 is 5.93. The van der Waals surface area contributed by atoms with Gasteiger partial charge in [-0.2, -0.15) is 0 Å². The number of hydrogen-bond acceptors (Lipinski definition) is 6. The average molecular weight is 493 g/mol. The molecule has 0 bridgehead atoms. The Morgan fingerprint density at radius 3 is 2.36 bits per heavy atom. The number of benzene rings is 3. The topological polar surface area (TPSA) is 51.2 Å². The second-order valence-corrected chi connectivity index (χ2v) is 10.7. The van der Waals surface area contributed by atoms with Crippen molar-refractivity contribution < 1.29 is 9.53 Å². The normalized spacial score (nSPS) is 20.9. The standard InChI is InChI=1S/C26H21ClN2O2S2/c1-26(19-10-6-3-7-11-19)31-24(30)23(33-26)22(18-12-14-20(27)15-13-18)29-25-28-21(16-32-25)17-8-4-2-5-9-17/h2-16,22-23H,1H3,(H,28,29)/t22-,23+,26?/m1/s1. The number of aromatic nitrogens is 1. The van der Waals surface area contributed by atoms with Gasteiger partial charge in [0, 0.05) is 21.5 Å². The maximum atomic E-state index is 13.1. The second kappa shape index (κ2) is 9.21. The van der Waals surface area contributed by atoms with Crippen molar-refractivity contribution in [2.45, 2.75) is 23.1 Å². The molecule has 3 aromatic carbocycles. The van der Waals surface area contributed by atoms with E-state index in [1.807, 2.05) is 97.2 Å². The Hall–Kier alpha value is -2.80. The Bertz CT molecular complexity index is 1250. The van der Waals surface area contributed by atoms with E-state index >= 15 is 0 Å². The predicted octanol–water partition coefficient (Wildman–Crippen LogP) is 7.15. The van der Waals surface area contributed by atoms with Crippen LogP contribution in [-0.2, 0) is 14.5 Å². The lowest BCUT2D eigenvalue weighted by molar-refractivity contribution is -0.147. The minimum absolute atomic E-state index is 0.251. The van der Waals surface area contributed by atoms with Gasteiger partial charge in [0.1, 0.15) is 5.25 Å². The highest BCUT2D eigenvalue weighted by Gasteiger charge is 2.49. The molecule has 33 heavy (non-hydrogen) atoms. The largest absolute Gasteiger partial charge is 0.443 e. The third-order valence-electron chi connectivity index (χ3n) is 5.56. The quantitative estimate of drug-likeness (QED) is 0.290. The number of thiazole rings is 1. The summed E-state index contributed by atoms with van der Waals surface area (Å²) in [5.74, 6) is -0.251. The number of nitrogens with one attached hydrogen (secondary N) is 1. The molecule has 1 aliphatic rings. The van der Waals surface area contributed by atoms with Gasteiger partial charge >= 0.3 is 5.97 Å². The molecule has 4 nitrogen and oxygen atoms in total. The SMILES string of the molecule is CC1(c2ccccc2)OC(=O)[C@H]([C@H](Nc2nc(-c3ccccc3)cs2)c2ccc(Cl)cc2)S1. The van der Waals surface area contributed by atoms with Crippen molar-refractivity contribution in [1.82, 2.24) is 4.98 Å². The summed E-state index contributed by atoms with van der Waals surface area (Å²) in [6.07, 6.45) is 0. The number of carbonyl (C=O) groups is 1. The van der Waals surface area contributed by atoms with Crippen molar-refractivity contribution in [3.63, 3.8) is 0 Å². The summed E-state index contributed by atoms with van der Waals surface area (Å²) in [5, 5.41) is 6.46. The first-order valence-electron chi connectivity index (χ1n) is 10.5. The van der Waals surface area contributed by atoms with Crippen LogP contribution in [0.5, 0.6) is 0 Å². The molecule has 1 saturated heterocycles. The number of hydrogen-bond donors (Lipinski definition) is 1. The van der Waals surface area contributed by atoms with Crippen molar-refractivity contribution in [2.75, 3.05) is 5.32 Å². The van der Waals surface area contributed by atoms with Crippen LogP contribution in [0, 0.1) is 0 Å². The first-order chi connectivity index (χ1) is 16.0. The number of halogens is 1. The zero-order valence-electron chi connectivity index (χ0n) is 17.8. The van der Waals surface area contributed by atoms with Crippen molar-refractivity contribution in [1.29, 1.82) is 0 Å². The fourth-order valence-electron chi connectivity index (χ4n) is 3.85. The lowest BCUT2D eigenvalue weighted by Gasteiger charge is -2.24. The minimum Gasteiger partial charge on any atom is -0.443 e. The molecule has 0 saturated carbocycles. The Morgan fingerprint density at radius 2 is 1.67 bits per heavy atom. The number of rotatable bonds is 6. The molecule has 0 spiro atoms. The summed E-state index contributed by atoms with van der Waals surface area (Å²) in [7, 11) is 0. The molecule has 7 heteroatoms. The van der Waals surface area contributed by atoms with Crippen molar-refractivity contribution in [2.24, 2.45) is 0 Å². The maximum Gasteiger partial charge on any atom is 0.323 e. The highest BCUT2D eigenvalue weighted by Crippen LogP contribution is 2.50. The van der Waals surface area contributed by atoms with Gasteiger partial charge in [0.2, 0.25) is 0 Å². The Morgan fingerprint density at radius 1 is 1.00 bits per heavy atom. The van der Waals surface area contributed by atoms with Gasteiger partial charge in [-0.05, 0) is 24.6 Å². The van der Waals surface area contributed by atoms with E-state index < -0.39 is 10.2 Å². The number of cyclic esters (lactones) is 1. The van der Waals surface area contributed by atoms with Gasteiger partial charge in [0.05, 0.1) is 11.7 Å². The lowest BCUT2D eigenvalue weighted by Crippen LogP contribution is -2.27. The van der Waals surface area contributed by atoms with Gasteiger partial charge in [-0.3, -0.25) is 4.79 Å². The van der Waals surface area contributed by atoms with Crippen molar-refractivity contribution in [3.05, 3.63) is 106 Å². The third-order valence-corrected chi connectivity index (χ3v) is 8.08. The lowest BCUT2D eigenvalue weighted by atomic mass is 10.0. The van der Waals surface area contributed by atoms with E-state index in [4.69, 9.17) is 21.3 Å². The number of esters is 1. The number of nitrogens with zero attached hydrogens (tertiary/aromatic N) is 1. The zero-order valence-corrected chi connectivity index (χ0v) is 20.2. The van der Waals surface area contributed by atoms with Crippen LogP contribution < -0.4 is 5.32 Å². The van der Waals surface area contributed by atoms with Gasteiger partial charge in [-0.15, -0.1) is 11.3 Å². The summed E-state index contributed by atoms with van der Waals surface area (Å²) >= 11 is 9.16. The molecule has 3 atom stereocenters. The maximum absolute atomic E-state index is 13.1. The molecule has 0 aliphatic carbocycles.